The third-order valence-electron chi connectivity index (χ3n) is 3.61. The van der Waals surface area contributed by atoms with E-state index in [0.717, 1.165) is 32.6 Å². The summed E-state index contributed by atoms with van der Waals surface area (Å²) in [5, 5.41) is 3.72. The van der Waals surface area contributed by atoms with Crippen LogP contribution in [0, 0.1) is 0 Å². The average Bonchev–Trinajstić information content (AvgIpc) is 2.50. The van der Waals surface area contributed by atoms with E-state index in [9.17, 15) is 0 Å². The first kappa shape index (κ1) is 17.2. The van der Waals surface area contributed by atoms with Crippen molar-refractivity contribution in [1.29, 1.82) is 0 Å². The molecule has 1 atom stereocenters. The van der Waals surface area contributed by atoms with Gasteiger partial charge in [0.15, 0.2) is 0 Å². The fourth-order valence-corrected chi connectivity index (χ4v) is 2.43. The van der Waals surface area contributed by atoms with Gasteiger partial charge < -0.3 is 10.1 Å². The number of unbranched alkanes of at least 4 members (excludes halogenated alkanes) is 3. The van der Waals surface area contributed by atoms with Crippen LogP contribution >= 0.6 is 0 Å². The van der Waals surface area contributed by atoms with Crippen molar-refractivity contribution in [2.75, 3.05) is 19.8 Å². The maximum absolute atomic E-state index is 5.45. The quantitative estimate of drug-likeness (QED) is 0.558. The molecule has 1 N–H and O–H groups in total. The van der Waals surface area contributed by atoms with E-state index >= 15 is 0 Å². The van der Waals surface area contributed by atoms with E-state index in [1.54, 1.807) is 0 Å². The van der Waals surface area contributed by atoms with Crippen molar-refractivity contribution in [3.8, 4) is 0 Å². The van der Waals surface area contributed by atoms with Gasteiger partial charge in [-0.2, -0.15) is 0 Å². The largest absolute Gasteiger partial charge is 0.382 e. The lowest BCUT2D eigenvalue weighted by Crippen LogP contribution is -2.23. The smallest absolute Gasteiger partial charge is 0.0466 e. The molecule has 114 valence electrons. The molecule has 0 aliphatic heterocycles. The minimum atomic E-state index is 0.471. The first-order chi connectivity index (χ1) is 9.88. The summed E-state index contributed by atoms with van der Waals surface area (Å²) < 4.78 is 5.45. The van der Waals surface area contributed by atoms with Gasteiger partial charge in [-0.25, -0.2) is 0 Å². The summed E-state index contributed by atoms with van der Waals surface area (Å²) >= 11 is 0. The van der Waals surface area contributed by atoms with Gasteiger partial charge in [0.1, 0.15) is 0 Å². The molecule has 0 spiro atoms. The molecule has 0 bridgehead atoms. The van der Waals surface area contributed by atoms with Crippen molar-refractivity contribution < 1.29 is 4.74 Å². The third kappa shape index (κ3) is 7.66. The van der Waals surface area contributed by atoms with E-state index in [1.807, 2.05) is 0 Å². The van der Waals surface area contributed by atoms with E-state index in [0.29, 0.717) is 6.04 Å². The summed E-state index contributed by atoms with van der Waals surface area (Å²) in [6.07, 6.45) is 7.54. The molecule has 0 saturated carbocycles. The molecule has 1 unspecified atom stereocenters. The molecule has 1 aromatic carbocycles. The van der Waals surface area contributed by atoms with E-state index < -0.39 is 0 Å². The van der Waals surface area contributed by atoms with Crippen molar-refractivity contribution >= 4 is 0 Å². The molecule has 2 heteroatoms. The predicted molar refractivity (Wildman–Crippen MR) is 87.1 cm³/mol. The number of rotatable bonds is 12. The van der Waals surface area contributed by atoms with Gasteiger partial charge in [-0.15, -0.1) is 0 Å². The Morgan fingerprint density at radius 3 is 2.50 bits per heavy atom. The Bertz CT molecular complexity index is 312. The lowest BCUT2D eigenvalue weighted by atomic mass is 10.0. The van der Waals surface area contributed by atoms with E-state index in [2.05, 4.69) is 49.5 Å². The van der Waals surface area contributed by atoms with Gasteiger partial charge in [0.25, 0.3) is 0 Å². The van der Waals surface area contributed by atoms with Crippen LogP contribution < -0.4 is 5.32 Å². The average molecular weight is 277 g/mol. The van der Waals surface area contributed by atoms with Crippen LogP contribution in [0.1, 0.15) is 64.0 Å². The van der Waals surface area contributed by atoms with E-state index in [-0.39, 0.29) is 0 Å². The molecule has 0 aliphatic rings. The van der Waals surface area contributed by atoms with Crippen LogP contribution in [0.25, 0.3) is 0 Å². The molecule has 0 radical (unpaired) electrons. The highest BCUT2D eigenvalue weighted by Gasteiger charge is 2.09. The van der Waals surface area contributed by atoms with Crippen LogP contribution in [0.4, 0.5) is 0 Å². The highest BCUT2D eigenvalue weighted by Crippen LogP contribution is 2.18. The van der Waals surface area contributed by atoms with Crippen molar-refractivity contribution in [3.05, 3.63) is 35.9 Å². The van der Waals surface area contributed by atoms with Crippen molar-refractivity contribution in [3.63, 3.8) is 0 Å². The van der Waals surface area contributed by atoms with Gasteiger partial charge in [-0.1, -0.05) is 56.5 Å². The molecule has 1 aromatic rings. The summed E-state index contributed by atoms with van der Waals surface area (Å²) in [6, 6.07) is 11.3. The Kier molecular flexibility index (Phi) is 10.3. The molecular weight excluding hydrogens is 246 g/mol. The summed E-state index contributed by atoms with van der Waals surface area (Å²) in [6.45, 7) is 7.13. The van der Waals surface area contributed by atoms with Crippen LogP contribution in [0.2, 0.25) is 0 Å². The molecule has 0 fully saturated rings. The summed E-state index contributed by atoms with van der Waals surface area (Å²) in [5.41, 5.74) is 1.40. The summed E-state index contributed by atoms with van der Waals surface area (Å²) in [5.74, 6) is 0. The van der Waals surface area contributed by atoms with Crippen LogP contribution in [0.5, 0.6) is 0 Å². The summed E-state index contributed by atoms with van der Waals surface area (Å²) in [4.78, 5) is 0. The van der Waals surface area contributed by atoms with E-state index in [1.165, 1.54) is 31.2 Å². The Hall–Kier alpha value is -0.860. The normalized spacial score (nSPS) is 12.5. The van der Waals surface area contributed by atoms with Gasteiger partial charge in [0.2, 0.25) is 0 Å². The Labute approximate surface area is 124 Å². The number of nitrogens with one attached hydrogen (secondary N) is 1. The van der Waals surface area contributed by atoms with Gasteiger partial charge in [-0.3, -0.25) is 0 Å². The molecule has 0 aliphatic carbocycles. The zero-order valence-corrected chi connectivity index (χ0v) is 13.2. The lowest BCUT2D eigenvalue weighted by Gasteiger charge is -2.19. The number of benzene rings is 1. The Balaban J connectivity index is 2.35. The highest BCUT2D eigenvalue weighted by atomic mass is 16.5. The van der Waals surface area contributed by atoms with Gasteiger partial charge in [0, 0.05) is 19.3 Å². The molecule has 0 amide bonds. The second-order valence-corrected chi connectivity index (χ2v) is 5.32. The first-order valence-electron chi connectivity index (χ1n) is 8.24. The molecular formula is C18H31NO. The fourth-order valence-electron chi connectivity index (χ4n) is 2.43. The molecule has 20 heavy (non-hydrogen) atoms. The second-order valence-electron chi connectivity index (χ2n) is 5.32. The van der Waals surface area contributed by atoms with Crippen molar-refractivity contribution in [1.82, 2.24) is 5.32 Å². The van der Waals surface area contributed by atoms with E-state index in [4.69, 9.17) is 4.74 Å². The van der Waals surface area contributed by atoms with Crippen LogP contribution in [-0.2, 0) is 4.74 Å². The minimum absolute atomic E-state index is 0.471. The molecule has 0 heterocycles. The van der Waals surface area contributed by atoms with Crippen LogP contribution in [0.3, 0.4) is 0 Å². The zero-order chi connectivity index (χ0) is 14.5. The maximum atomic E-state index is 5.45. The molecule has 0 aromatic heterocycles. The SMILES string of the molecule is CCCCCCNC(CCCOCC)c1ccccc1. The number of hydrogen-bond donors (Lipinski definition) is 1. The number of ether oxygens (including phenoxy) is 1. The highest BCUT2D eigenvalue weighted by molar-refractivity contribution is 5.18. The van der Waals surface area contributed by atoms with Crippen molar-refractivity contribution in [2.45, 2.75) is 58.4 Å². The minimum Gasteiger partial charge on any atom is -0.382 e. The monoisotopic (exact) mass is 277 g/mol. The third-order valence-corrected chi connectivity index (χ3v) is 3.61. The molecule has 1 rings (SSSR count). The topological polar surface area (TPSA) is 21.3 Å². The van der Waals surface area contributed by atoms with Gasteiger partial charge in [-0.05, 0) is 38.3 Å². The maximum Gasteiger partial charge on any atom is 0.0466 e. The standard InChI is InChI=1S/C18H31NO/c1-3-5-6-10-15-19-18(14-11-16-20-4-2)17-12-8-7-9-13-17/h7-9,12-13,18-19H,3-6,10-11,14-16H2,1-2H3. The Morgan fingerprint density at radius 2 is 1.80 bits per heavy atom. The van der Waals surface area contributed by atoms with Crippen LogP contribution in [-0.4, -0.2) is 19.8 Å². The second kappa shape index (κ2) is 11.9. The van der Waals surface area contributed by atoms with Gasteiger partial charge in [0.05, 0.1) is 0 Å². The lowest BCUT2D eigenvalue weighted by molar-refractivity contribution is 0.141. The van der Waals surface area contributed by atoms with Gasteiger partial charge >= 0.3 is 0 Å². The fraction of sp³-hybridized carbons (Fsp3) is 0.667. The number of hydrogen-bond acceptors (Lipinski definition) is 2. The molecule has 2 nitrogen and oxygen atoms in total. The van der Waals surface area contributed by atoms with Crippen LogP contribution in [0.15, 0.2) is 30.3 Å². The molecule has 0 saturated heterocycles. The first-order valence-corrected chi connectivity index (χ1v) is 8.24. The predicted octanol–water partition coefficient (Wildman–Crippen LogP) is 4.71. The zero-order valence-electron chi connectivity index (χ0n) is 13.2. The summed E-state index contributed by atoms with van der Waals surface area (Å²) in [7, 11) is 0. The Morgan fingerprint density at radius 1 is 1.00 bits per heavy atom. The van der Waals surface area contributed by atoms with Crippen molar-refractivity contribution in [2.24, 2.45) is 0 Å².